The number of aromatic nitrogens is 2. The van der Waals surface area contributed by atoms with E-state index < -0.39 is 0 Å². The van der Waals surface area contributed by atoms with Crippen LogP contribution in [0.15, 0.2) is 24.4 Å². The van der Waals surface area contributed by atoms with Gasteiger partial charge in [0.2, 0.25) is 0 Å². The average Bonchev–Trinajstić information content (AvgIpc) is 2.73. The van der Waals surface area contributed by atoms with Crippen molar-refractivity contribution in [1.82, 2.24) is 9.97 Å². The third-order valence-electron chi connectivity index (χ3n) is 4.31. The molecule has 0 radical (unpaired) electrons. The third-order valence-corrected chi connectivity index (χ3v) is 4.31. The summed E-state index contributed by atoms with van der Waals surface area (Å²) < 4.78 is 13.8. The van der Waals surface area contributed by atoms with Crippen LogP contribution in [0.4, 0.5) is 15.8 Å². The molecule has 0 spiro atoms. The molecular weight excluding hydrogens is 307 g/mol. The molecule has 0 fully saturated rings. The molecule has 2 heterocycles. The molecule has 1 aromatic heterocycles. The van der Waals surface area contributed by atoms with Gasteiger partial charge < -0.3 is 9.80 Å². The lowest BCUT2D eigenvalue weighted by molar-refractivity contribution is 0.0985. The highest BCUT2D eigenvalue weighted by Crippen LogP contribution is 2.33. The fourth-order valence-corrected chi connectivity index (χ4v) is 3.06. The van der Waals surface area contributed by atoms with Crippen LogP contribution < -0.4 is 9.80 Å². The normalized spacial score (nSPS) is 14.3. The van der Waals surface area contributed by atoms with Crippen LogP contribution in [0.5, 0.6) is 0 Å². The molecule has 1 amide bonds. The molecule has 0 aliphatic carbocycles. The van der Waals surface area contributed by atoms with Crippen LogP contribution in [0.3, 0.4) is 0 Å². The van der Waals surface area contributed by atoms with Crippen molar-refractivity contribution in [1.29, 1.82) is 0 Å². The minimum Gasteiger partial charge on any atom is -0.373 e. The Hall–Kier alpha value is -2.50. The molecule has 2 aromatic rings. The van der Waals surface area contributed by atoms with Crippen molar-refractivity contribution < 1.29 is 9.18 Å². The Morgan fingerprint density at radius 3 is 2.83 bits per heavy atom. The number of hydrogen-bond donors (Lipinski definition) is 0. The Balaban J connectivity index is 2.07. The number of benzene rings is 1. The molecule has 0 unspecified atom stereocenters. The maximum Gasteiger partial charge on any atom is 0.261 e. The number of halogens is 1. The van der Waals surface area contributed by atoms with Crippen molar-refractivity contribution in [2.24, 2.45) is 0 Å². The van der Waals surface area contributed by atoms with Crippen molar-refractivity contribution in [3.63, 3.8) is 0 Å². The van der Waals surface area contributed by atoms with Gasteiger partial charge in [0.05, 0.1) is 22.6 Å². The average molecular weight is 328 g/mol. The first-order chi connectivity index (χ1) is 11.5. The fourth-order valence-electron chi connectivity index (χ4n) is 3.06. The van der Waals surface area contributed by atoms with Crippen molar-refractivity contribution in [2.45, 2.75) is 26.7 Å². The lowest BCUT2D eigenvalue weighted by Gasteiger charge is -2.25. The Labute approximate surface area is 141 Å². The second-order valence-electron chi connectivity index (χ2n) is 6.00. The number of carbonyl (C=O) groups is 1. The van der Waals surface area contributed by atoms with Gasteiger partial charge in [-0.2, -0.15) is 0 Å². The maximum absolute atomic E-state index is 13.8. The van der Waals surface area contributed by atoms with E-state index in [4.69, 9.17) is 0 Å². The van der Waals surface area contributed by atoms with Gasteiger partial charge in [-0.05, 0) is 38.0 Å². The van der Waals surface area contributed by atoms with Gasteiger partial charge in [-0.3, -0.25) is 4.79 Å². The summed E-state index contributed by atoms with van der Waals surface area (Å²) in [4.78, 5) is 25.4. The van der Waals surface area contributed by atoms with Gasteiger partial charge in [-0.1, -0.05) is 6.92 Å². The smallest absolute Gasteiger partial charge is 0.261 e. The summed E-state index contributed by atoms with van der Waals surface area (Å²) in [5.41, 5.74) is 2.67. The summed E-state index contributed by atoms with van der Waals surface area (Å²) in [7, 11) is 1.96. The van der Waals surface area contributed by atoms with Gasteiger partial charge >= 0.3 is 0 Å². The molecule has 0 bridgehead atoms. The second kappa shape index (κ2) is 6.55. The molecule has 5 nitrogen and oxygen atoms in total. The summed E-state index contributed by atoms with van der Waals surface area (Å²) in [5, 5.41) is 0. The van der Waals surface area contributed by atoms with Crippen molar-refractivity contribution in [3.05, 3.63) is 47.3 Å². The van der Waals surface area contributed by atoms with E-state index in [2.05, 4.69) is 14.9 Å². The highest BCUT2D eigenvalue weighted by molar-refractivity contribution is 6.08. The predicted molar refractivity (Wildman–Crippen MR) is 92.1 cm³/mol. The molecule has 24 heavy (non-hydrogen) atoms. The van der Waals surface area contributed by atoms with Crippen LogP contribution in [0.2, 0.25) is 0 Å². The molecular formula is C18H21FN4O. The first-order valence-corrected chi connectivity index (χ1v) is 8.16. The minimum atomic E-state index is -0.349. The van der Waals surface area contributed by atoms with Crippen LogP contribution in [0, 0.1) is 12.7 Å². The van der Waals surface area contributed by atoms with Crippen LogP contribution in [-0.4, -0.2) is 36.0 Å². The summed E-state index contributed by atoms with van der Waals surface area (Å²) in [5.74, 6) is 0.122. The zero-order chi connectivity index (χ0) is 17.3. The number of nitrogens with zero attached hydrogens (tertiary/aromatic N) is 4. The molecule has 0 atom stereocenters. The van der Waals surface area contributed by atoms with E-state index in [0.29, 0.717) is 30.0 Å². The van der Waals surface area contributed by atoms with Crippen molar-refractivity contribution in [3.8, 4) is 0 Å². The molecule has 3 rings (SSSR count). The van der Waals surface area contributed by atoms with E-state index in [-0.39, 0.29) is 11.7 Å². The number of aryl methyl sites for hydroxylation is 2. The molecule has 1 aliphatic rings. The van der Waals surface area contributed by atoms with E-state index in [1.807, 2.05) is 14.0 Å². The molecule has 0 N–H and O–H groups in total. The van der Waals surface area contributed by atoms with Gasteiger partial charge in [0, 0.05) is 26.3 Å². The van der Waals surface area contributed by atoms with E-state index in [0.717, 1.165) is 24.3 Å². The Morgan fingerprint density at radius 1 is 1.29 bits per heavy atom. The Bertz CT molecular complexity index is 778. The molecule has 6 heteroatoms. The largest absolute Gasteiger partial charge is 0.373 e. The van der Waals surface area contributed by atoms with E-state index in [1.165, 1.54) is 12.1 Å². The monoisotopic (exact) mass is 328 g/mol. The Morgan fingerprint density at radius 2 is 2.08 bits per heavy atom. The third kappa shape index (κ3) is 2.96. The number of amides is 1. The van der Waals surface area contributed by atoms with Gasteiger partial charge in [-0.25, -0.2) is 14.4 Å². The SMILES string of the molecule is CCc1nc(C)ncc1C(=O)N1CCCN(C)c2ccc(F)cc21. The van der Waals surface area contributed by atoms with Gasteiger partial charge in [0.15, 0.2) is 0 Å². The lowest BCUT2D eigenvalue weighted by Crippen LogP contribution is -2.32. The quantitative estimate of drug-likeness (QED) is 0.850. The second-order valence-corrected chi connectivity index (χ2v) is 6.00. The summed E-state index contributed by atoms with van der Waals surface area (Å²) in [6.07, 6.45) is 3.04. The molecule has 0 saturated carbocycles. The van der Waals surface area contributed by atoms with Crippen LogP contribution in [-0.2, 0) is 6.42 Å². The number of fused-ring (bicyclic) bond motifs is 1. The lowest BCUT2D eigenvalue weighted by atomic mass is 10.1. The van der Waals surface area contributed by atoms with E-state index >= 15 is 0 Å². The topological polar surface area (TPSA) is 49.3 Å². The van der Waals surface area contributed by atoms with Gasteiger partial charge in [0.1, 0.15) is 11.6 Å². The van der Waals surface area contributed by atoms with E-state index in [9.17, 15) is 9.18 Å². The molecule has 1 aliphatic heterocycles. The number of rotatable bonds is 2. The van der Waals surface area contributed by atoms with Crippen molar-refractivity contribution >= 4 is 17.3 Å². The highest BCUT2D eigenvalue weighted by atomic mass is 19.1. The summed E-state index contributed by atoms with van der Waals surface area (Å²) in [6, 6.07) is 4.58. The summed E-state index contributed by atoms with van der Waals surface area (Å²) >= 11 is 0. The van der Waals surface area contributed by atoms with Crippen LogP contribution >= 0.6 is 0 Å². The van der Waals surface area contributed by atoms with Gasteiger partial charge in [-0.15, -0.1) is 0 Å². The maximum atomic E-state index is 13.8. The molecule has 0 saturated heterocycles. The van der Waals surface area contributed by atoms with E-state index in [1.54, 1.807) is 24.1 Å². The number of anilines is 2. The zero-order valence-corrected chi connectivity index (χ0v) is 14.2. The van der Waals surface area contributed by atoms with Crippen LogP contribution in [0.25, 0.3) is 0 Å². The van der Waals surface area contributed by atoms with Crippen LogP contribution in [0.1, 0.15) is 35.2 Å². The summed E-state index contributed by atoms with van der Waals surface area (Å²) in [6.45, 7) is 5.12. The zero-order valence-electron chi connectivity index (χ0n) is 14.2. The highest BCUT2D eigenvalue weighted by Gasteiger charge is 2.26. The first-order valence-electron chi connectivity index (χ1n) is 8.16. The van der Waals surface area contributed by atoms with Gasteiger partial charge in [0.25, 0.3) is 5.91 Å². The molecule has 1 aromatic carbocycles. The minimum absolute atomic E-state index is 0.172. The standard InChI is InChI=1S/C18H21FN4O/c1-4-15-14(11-20-12(2)21-15)18(24)23-9-5-8-22(3)16-7-6-13(19)10-17(16)23/h6-7,10-11H,4-5,8-9H2,1-3H3. The number of hydrogen-bond acceptors (Lipinski definition) is 4. The predicted octanol–water partition coefficient (Wildman–Crippen LogP) is 2.97. The number of carbonyl (C=O) groups excluding carboxylic acids is 1. The first kappa shape index (κ1) is 16.4. The fraction of sp³-hybridized carbons (Fsp3) is 0.389. The van der Waals surface area contributed by atoms with Crippen molar-refractivity contribution in [2.75, 3.05) is 29.9 Å². The Kier molecular flexibility index (Phi) is 4.46. The molecule has 126 valence electrons.